The second-order valence-corrected chi connectivity index (χ2v) is 7.21. The van der Waals surface area contributed by atoms with Crippen molar-refractivity contribution in [1.29, 1.82) is 0 Å². The van der Waals surface area contributed by atoms with Crippen LogP contribution in [0.4, 0.5) is 11.6 Å². The summed E-state index contributed by atoms with van der Waals surface area (Å²) in [5, 5.41) is 3.18. The molecular formula is C21H31N5O2. The Morgan fingerprint density at radius 3 is 2.50 bits per heavy atom. The Labute approximate surface area is 167 Å². The second-order valence-electron chi connectivity index (χ2n) is 7.21. The van der Waals surface area contributed by atoms with E-state index >= 15 is 0 Å². The zero-order valence-electron chi connectivity index (χ0n) is 17.1. The topological polar surface area (TPSA) is 62.8 Å². The zero-order valence-corrected chi connectivity index (χ0v) is 17.1. The average molecular weight is 386 g/mol. The van der Waals surface area contributed by atoms with Gasteiger partial charge in [0.15, 0.2) is 11.5 Å². The van der Waals surface area contributed by atoms with E-state index < -0.39 is 0 Å². The van der Waals surface area contributed by atoms with E-state index in [1.165, 1.54) is 0 Å². The lowest BCUT2D eigenvalue weighted by Crippen LogP contribution is -2.49. The maximum Gasteiger partial charge on any atom is 0.227 e. The van der Waals surface area contributed by atoms with E-state index in [0.717, 1.165) is 50.6 Å². The number of methoxy groups -OCH3 is 1. The first-order chi connectivity index (χ1) is 13.7. The number of piperazine rings is 1. The van der Waals surface area contributed by atoms with Crippen LogP contribution < -0.4 is 14.8 Å². The first-order valence-electron chi connectivity index (χ1n) is 9.97. The largest absolute Gasteiger partial charge is 0.491 e. The predicted molar refractivity (Wildman–Crippen MR) is 112 cm³/mol. The van der Waals surface area contributed by atoms with Crippen molar-refractivity contribution in [3.05, 3.63) is 36.7 Å². The normalized spacial score (nSPS) is 15.6. The maximum atomic E-state index is 6.01. The Morgan fingerprint density at radius 2 is 1.82 bits per heavy atom. The first-order valence-corrected chi connectivity index (χ1v) is 9.97. The van der Waals surface area contributed by atoms with E-state index in [1.54, 1.807) is 25.6 Å². The Balaban J connectivity index is 1.49. The molecule has 1 aromatic heterocycles. The summed E-state index contributed by atoms with van der Waals surface area (Å²) in [6.07, 6.45) is 4.39. The fourth-order valence-corrected chi connectivity index (χ4v) is 3.40. The summed E-state index contributed by atoms with van der Waals surface area (Å²) >= 11 is 0. The van der Waals surface area contributed by atoms with E-state index in [0.29, 0.717) is 24.3 Å². The molecule has 7 heteroatoms. The van der Waals surface area contributed by atoms with Crippen molar-refractivity contribution in [2.24, 2.45) is 0 Å². The van der Waals surface area contributed by atoms with Gasteiger partial charge in [-0.3, -0.25) is 4.90 Å². The summed E-state index contributed by atoms with van der Waals surface area (Å²) in [6, 6.07) is 8.21. The van der Waals surface area contributed by atoms with Crippen LogP contribution in [-0.2, 0) is 0 Å². The van der Waals surface area contributed by atoms with E-state index in [2.05, 4.69) is 38.9 Å². The summed E-state index contributed by atoms with van der Waals surface area (Å²) in [5.74, 6) is 1.92. The third-order valence-corrected chi connectivity index (χ3v) is 5.01. The first kappa shape index (κ1) is 20.4. The quantitative estimate of drug-likeness (QED) is 0.666. The van der Waals surface area contributed by atoms with Crippen molar-refractivity contribution >= 4 is 11.6 Å². The van der Waals surface area contributed by atoms with Crippen molar-refractivity contribution < 1.29 is 9.47 Å². The third kappa shape index (κ3) is 5.56. The van der Waals surface area contributed by atoms with Crippen LogP contribution in [0.5, 0.6) is 11.5 Å². The Morgan fingerprint density at radius 1 is 1.07 bits per heavy atom. The Hall–Kier alpha value is -2.38. The summed E-state index contributed by atoms with van der Waals surface area (Å²) in [4.78, 5) is 13.4. The molecule has 28 heavy (non-hydrogen) atoms. The van der Waals surface area contributed by atoms with Gasteiger partial charge in [0.05, 0.1) is 19.4 Å². The van der Waals surface area contributed by atoms with Crippen molar-refractivity contribution in [1.82, 2.24) is 19.8 Å². The number of para-hydroxylation sites is 1. The molecule has 152 valence electrons. The summed E-state index contributed by atoms with van der Waals surface area (Å²) in [7, 11) is 1.65. The average Bonchev–Trinajstić information content (AvgIpc) is 2.72. The van der Waals surface area contributed by atoms with Crippen LogP contribution in [0.25, 0.3) is 0 Å². The minimum Gasteiger partial charge on any atom is -0.491 e. The molecule has 0 unspecified atom stereocenters. The number of rotatable bonds is 9. The molecule has 0 bridgehead atoms. The molecule has 2 heterocycles. The van der Waals surface area contributed by atoms with Gasteiger partial charge in [-0.2, -0.15) is 0 Å². The summed E-state index contributed by atoms with van der Waals surface area (Å²) in [5.41, 5.74) is 0.788. The lowest BCUT2D eigenvalue weighted by Gasteiger charge is -2.36. The van der Waals surface area contributed by atoms with Crippen LogP contribution in [0.3, 0.4) is 0 Å². The highest BCUT2D eigenvalue weighted by atomic mass is 16.5. The molecular weight excluding hydrogens is 354 g/mol. The van der Waals surface area contributed by atoms with Gasteiger partial charge in [0.2, 0.25) is 5.95 Å². The number of nitrogens with zero attached hydrogens (tertiary/aromatic N) is 4. The van der Waals surface area contributed by atoms with Crippen LogP contribution in [0, 0.1) is 0 Å². The molecule has 1 aromatic carbocycles. The fraction of sp³-hybridized carbons (Fsp3) is 0.524. The van der Waals surface area contributed by atoms with E-state index in [4.69, 9.17) is 9.47 Å². The molecule has 0 amide bonds. The maximum absolute atomic E-state index is 6.01. The molecule has 1 saturated heterocycles. The molecule has 0 aliphatic carbocycles. The molecule has 7 nitrogen and oxygen atoms in total. The highest BCUT2D eigenvalue weighted by molar-refractivity contribution is 5.67. The lowest BCUT2D eigenvalue weighted by molar-refractivity contribution is 0.104. The monoisotopic (exact) mass is 385 g/mol. The van der Waals surface area contributed by atoms with Gasteiger partial charge in [-0.15, -0.1) is 0 Å². The molecule has 0 atom stereocenters. The van der Waals surface area contributed by atoms with Crippen molar-refractivity contribution in [2.45, 2.75) is 26.3 Å². The zero-order chi connectivity index (χ0) is 19.8. The highest BCUT2D eigenvalue weighted by Crippen LogP contribution is 2.36. The molecule has 2 aromatic rings. The van der Waals surface area contributed by atoms with E-state index in [-0.39, 0.29) is 0 Å². The third-order valence-electron chi connectivity index (χ3n) is 5.01. The lowest BCUT2D eigenvalue weighted by atomic mass is 10.2. The van der Waals surface area contributed by atoms with Gasteiger partial charge in [-0.05, 0) is 38.5 Å². The van der Waals surface area contributed by atoms with Gasteiger partial charge < -0.3 is 19.7 Å². The number of aromatic nitrogens is 2. The minimum atomic E-state index is 0.526. The number of hydrogen-bond acceptors (Lipinski definition) is 7. The highest BCUT2D eigenvalue weighted by Gasteiger charge is 2.18. The van der Waals surface area contributed by atoms with Crippen LogP contribution in [0.1, 0.15) is 20.3 Å². The van der Waals surface area contributed by atoms with E-state index in [1.807, 2.05) is 18.2 Å². The smallest absolute Gasteiger partial charge is 0.227 e. The number of hydrogen-bond donors (Lipinski definition) is 1. The standard InChI is InChI=1S/C21H31N5O2/c1-17(2)26-14-12-25(13-15-26)11-6-16-28-19-8-4-7-18(20(19)27-3)24-21-22-9-5-10-23-21/h4-5,7-10,17H,6,11-16H2,1-3H3,(H,22,23,24). The van der Waals surface area contributed by atoms with Gasteiger partial charge >= 0.3 is 0 Å². The van der Waals surface area contributed by atoms with Gasteiger partial charge in [-0.1, -0.05) is 6.07 Å². The van der Waals surface area contributed by atoms with E-state index in [9.17, 15) is 0 Å². The van der Waals surface area contributed by atoms with Crippen molar-refractivity contribution in [3.63, 3.8) is 0 Å². The van der Waals surface area contributed by atoms with Crippen LogP contribution in [-0.4, -0.2) is 72.3 Å². The molecule has 1 aliphatic rings. The van der Waals surface area contributed by atoms with Crippen LogP contribution in [0.15, 0.2) is 36.7 Å². The van der Waals surface area contributed by atoms with Gasteiger partial charge in [0, 0.05) is 51.2 Å². The molecule has 0 saturated carbocycles. The number of benzene rings is 1. The summed E-state index contributed by atoms with van der Waals surface area (Å²) in [6.45, 7) is 10.8. The van der Waals surface area contributed by atoms with Gasteiger partial charge in [-0.25, -0.2) is 9.97 Å². The molecule has 1 fully saturated rings. The SMILES string of the molecule is COc1c(Nc2ncccn2)cccc1OCCCN1CCN(C(C)C)CC1. The van der Waals surface area contributed by atoms with Crippen molar-refractivity contribution in [3.8, 4) is 11.5 Å². The molecule has 1 aliphatic heterocycles. The van der Waals surface area contributed by atoms with Gasteiger partial charge in [0.1, 0.15) is 0 Å². The number of nitrogens with one attached hydrogen (secondary N) is 1. The number of ether oxygens (including phenoxy) is 2. The molecule has 0 radical (unpaired) electrons. The summed E-state index contributed by atoms with van der Waals surface area (Å²) < 4.78 is 11.6. The second kappa shape index (κ2) is 10.2. The van der Waals surface area contributed by atoms with Crippen LogP contribution >= 0.6 is 0 Å². The molecule has 1 N–H and O–H groups in total. The minimum absolute atomic E-state index is 0.526. The fourth-order valence-electron chi connectivity index (χ4n) is 3.40. The number of anilines is 2. The van der Waals surface area contributed by atoms with Gasteiger partial charge in [0.25, 0.3) is 0 Å². The Bertz CT molecular complexity index is 718. The van der Waals surface area contributed by atoms with Crippen molar-refractivity contribution in [2.75, 3.05) is 51.8 Å². The molecule has 0 spiro atoms. The molecule has 3 rings (SSSR count). The van der Waals surface area contributed by atoms with Crippen LogP contribution in [0.2, 0.25) is 0 Å². The Kier molecular flexibility index (Phi) is 7.45. The predicted octanol–water partition coefficient (Wildman–Crippen LogP) is 3.02.